The number of nitrogens with two attached hydrogens (primary N) is 1. The molecule has 0 atom stereocenters. The lowest BCUT2D eigenvalue weighted by molar-refractivity contribution is 0.443. The summed E-state index contributed by atoms with van der Waals surface area (Å²) in [7, 11) is 0. The van der Waals surface area contributed by atoms with Crippen molar-refractivity contribution in [2.45, 2.75) is 18.4 Å². The second-order valence-corrected chi connectivity index (χ2v) is 6.43. The second-order valence-electron chi connectivity index (χ2n) is 4.35. The summed E-state index contributed by atoms with van der Waals surface area (Å²) in [6.07, 6.45) is 2.12. The van der Waals surface area contributed by atoms with E-state index >= 15 is 0 Å². The first-order chi connectivity index (χ1) is 8.15. The highest BCUT2D eigenvalue weighted by Gasteiger charge is 2.30. The fourth-order valence-electron chi connectivity index (χ4n) is 2.02. The van der Waals surface area contributed by atoms with Gasteiger partial charge >= 0.3 is 0 Å². The van der Waals surface area contributed by atoms with Crippen molar-refractivity contribution in [3.05, 3.63) is 28.5 Å². The topological polar surface area (TPSA) is 38.0 Å². The summed E-state index contributed by atoms with van der Waals surface area (Å²) in [5, 5.41) is 3.48. The molecule has 1 aliphatic heterocycles. The molecule has 1 heterocycles. The van der Waals surface area contributed by atoms with E-state index in [0.29, 0.717) is 11.0 Å². The Kier molecular flexibility index (Phi) is 4.33. The molecule has 3 N–H and O–H groups in total. The minimum atomic E-state index is -0.239. The van der Waals surface area contributed by atoms with Gasteiger partial charge in [-0.15, -0.1) is 0 Å². The van der Waals surface area contributed by atoms with Crippen LogP contribution in [0.25, 0.3) is 0 Å². The molecular formula is C12H16BrFN2S. The lowest BCUT2D eigenvalue weighted by atomic mass is 9.92. The molecule has 1 saturated heterocycles. The van der Waals surface area contributed by atoms with Crippen LogP contribution in [0.4, 0.5) is 10.1 Å². The number of rotatable bonds is 3. The Bertz CT molecular complexity index is 394. The van der Waals surface area contributed by atoms with Crippen molar-refractivity contribution in [3.8, 4) is 0 Å². The van der Waals surface area contributed by atoms with E-state index < -0.39 is 0 Å². The zero-order valence-corrected chi connectivity index (χ0v) is 11.9. The summed E-state index contributed by atoms with van der Waals surface area (Å²) < 4.78 is 13.6. The van der Waals surface area contributed by atoms with Crippen LogP contribution in [0, 0.1) is 5.82 Å². The molecule has 1 aromatic rings. The Morgan fingerprint density at radius 2 is 2.12 bits per heavy atom. The second kappa shape index (κ2) is 5.59. The molecule has 1 aromatic carbocycles. The molecule has 0 aliphatic carbocycles. The van der Waals surface area contributed by atoms with Crippen LogP contribution in [-0.4, -0.2) is 23.6 Å². The van der Waals surface area contributed by atoms with Crippen LogP contribution in [0.2, 0.25) is 0 Å². The van der Waals surface area contributed by atoms with Gasteiger partial charge in [-0.3, -0.25) is 0 Å². The average molecular weight is 319 g/mol. The van der Waals surface area contributed by atoms with Gasteiger partial charge in [0, 0.05) is 12.2 Å². The smallest absolute Gasteiger partial charge is 0.137 e. The molecular weight excluding hydrogens is 303 g/mol. The van der Waals surface area contributed by atoms with E-state index in [4.69, 9.17) is 5.73 Å². The van der Waals surface area contributed by atoms with Crippen LogP contribution in [0.5, 0.6) is 0 Å². The molecule has 94 valence electrons. The third kappa shape index (κ3) is 3.14. The minimum absolute atomic E-state index is 0.0253. The van der Waals surface area contributed by atoms with Crippen molar-refractivity contribution in [2.24, 2.45) is 5.73 Å². The fourth-order valence-corrected chi connectivity index (χ4v) is 3.68. The number of benzene rings is 1. The lowest BCUT2D eigenvalue weighted by Crippen LogP contribution is -2.48. The summed E-state index contributed by atoms with van der Waals surface area (Å²) >= 11 is 5.16. The Balaban J connectivity index is 2.14. The maximum Gasteiger partial charge on any atom is 0.137 e. The summed E-state index contributed by atoms with van der Waals surface area (Å²) in [5.41, 5.74) is 6.80. The number of anilines is 1. The SMILES string of the molecule is NCC1(Nc2ccc(F)c(Br)c2)CCSCC1. The van der Waals surface area contributed by atoms with Gasteiger partial charge in [0.05, 0.1) is 10.0 Å². The van der Waals surface area contributed by atoms with E-state index in [2.05, 4.69) is 21.2 Å². The first kappa shape index (κ1) is 13.2. The highest BCUT2D eigenvalue weighted by Crippen LogP contribution is 2.31. The molecule has 0 unspecified atom stereocenters. The first-order valence-corrected chi connectivity index (χ1v) is 7.61. The molecule has 0 aromatic heterocycles. The molecule has 0 bridgehead atoms. The average Bonchev–Trinajstić information content (AvgIpc) is 2.35. The highest BCUT2D eigenvalue weighted by atomic mass is 79.9. The normalized spacial score (nSPS) is 19.0. The van der Waals surface area contributed by atoms with Crippen LogP contribution >= 0.6 is 27.7 Å². The fraction of sp³-hybridized carbons (Fsp3) is 0.500. The highest BCUT2D eigenvalue weighted by molar-refractivity contribution is 9.10. The Hall–Kier alpha value is -0.260. The van der Waals surface area contributed by atoms with E-state index in [1.165, 1.54) is 6.07 Å². The molecule has 2 rings (SSSR count). The van der Waals surface area contributed by atoms with Crippen LogP contribution in [-0.2, 0) is 0 Å². The number of halogens is 2. The van der Waals surface area contributed by atoms with Gasteiger partial charge < -0.3 is 11.1 Å². The number of hydrogen-bond acceptors (Lipinski definition) is 3. The summed E-state index contributed by atoms with van der Waals surface area (Å²) in [6, 6.07) is 5.00. The van der Waals surface area contributed by atoms with E-state index in [-0.39, 0.29) is 11.4 Å². The summed E-state index contributed by atoms with van der Waals surface area (Å²) in [6.45, 7) is 0.614. The number of nitrogens with one attached hydrogen (secondary N) is 1. The maximum atomic E-state index is 13.2. The quantitative estimate of drug-likeness (QED) is 0.898. The molecule has 2 nitrogen and oxygen atoms in total. The van der Waals surface area contributed by atoms with Crippen molar-refractivity contribution in [1.82, 2.24) is 0 Å². The van der Waals surface area contributed by atoms with Crippen LogP contribution in [0.15, 0.2) is 22.7 Å². The standard InChI is InChI=1S/C12H16BrFN2S/c13-10-7-9(1-2-11(10)14)16-12(8-15)3-5-17-6-4-12/h1-2,7,16H,3-6,8,15H2. The van der Waals surface area contributed by atoms with Crippen molar-refractivity contribution in [3.63, 3.8) is 0 Å². The van der Waals surface area contributed by atoms with Crippen LogP contribution in [0.1, 0.15) is 12.8 Å². The molecule has 1 fully saturated rings. The Labute approximate surface area is 114 Å². The third-order valence-electron chi connectivity index (χ3n) is 3.17. The van der Waals surface area contributed by atoms with Crippen molar-refractivity contribution in [2.75, 3.05) is 23.4 Å². The maximum absolute atomic E-state index is 13.2. The zero-order valence-electron chi connectivity index (χ0n) is 9.51. The van der Waals surface area contributed by atoms with E-state index in [9.17, 15) is 4.39 Å². The molecule has 0 radical (unpaired) electrons. The predicted molar refractivity (Wildman–Crippen MR) is 76.1 cm³/mol. The Morgan fingerprint density at radius 1 is 1.41 bits per heavy atom. The van der Waals surface area contributed by atoms with Gasteiger partial charge in [-0.05, 0) is 58.5 Å². The Morgan fingerprint density at radius 3 is 2.71 bits per heavy atom. The lowest BCUT2D eigenvalue weighted by Gasteiger charge is -2.37. The van der Waals surface area contributed by atoms with Gasteiger partial charge in [-0.2, -0.15) is 11.8 Å². The number of thioether (sulfide) groups is 1. The summed E-state index contributed by atoms with van der Waals surface area (Å²) in [4.78, 5) is 0. The van der Waals surface area contributed by atoms with Gasteiger partial charge in [0.1, 0.15) is 5.82 Å². The molecule has 5 heteroatoms. The minimum Gasteiger partial charge on any atom is -0.378 e. The van der Waals surface area contributed by atoms with E-state index in [1.54, 1.807) is 12.1 Å². The zero-order chi connectivity index (χ0) is 12.3. The monoisotopic (exact) mass is 318 g/mol. The molecule has 0 saturated carbocycles. The first-order valence-electron chi connectivity index (χ1n) is 5.66. The van der Waals surface area contributed by atoms with E-state index in [0.717, 1.165) is 30.0 Å². The molecule has 0 amide bonds. The molecule has 17 heavy (non-hydrogen) atoms. The predicted octanol–water partition coefficient (Wildman–Crippen LogP) is 3.22. The molecule has 0 spiro atoms. The van der Waals surface area contributed by atoms with Crippen molar-refractivity contribution < 1.29 is 4.39 Å². The van der Waals surface area contributed by atoms with Crippen molar-refractivity contribution in [1.29, 1.82) is 0 Å². The van der Waals surface area contributed by atoms with Gasteiger partial charge in [0.2, 0.25) is 0 Å². The van der Waals surface area contributed by atoms with Crippen molar-refractivity contribution >= 4 is 33.4 Å². The molecule has 1 aliphatic rings. The van der Waals surface area contributed by atoms with Gasteiger partial charge in [0.25, 0.3) is 0 Å². The van der Waals surface area contributed by atoms with Gasteiger partial charge in [-0.25, -0.2) is 4.39 Å². The number of hydrogen-bond donors (Lipinski definition) is 2. The van der Waals surface area contributed by atoms with Crippen LogP contribution in [0.3, 0.4) is 0 Å². The van der Waals surface area contributed by atoms with E-state index in [1.807, 2.05) is 11.8 Å². The van der Waals surface area contributed by atoms with Crippen LogP contribution < -0.4 is 11.1 Å². The third-order valence-corrected chi connectivity index (χ3v) is 4.76. The van der Waals surface area contributed by atoms with Gasteiger partial charge in [0.15, 0.2) is 0 Å². The summed E-state index contributed by atoms with van der Waals surface area (Å²) in [5.74, 6) is 2.02. The largest absolute Gasteiger partial charge is 0.378 e. The van der Waals surface area contributed by atoms with Gasteiger partial charge in [-0.1, -0.05) is 0 Å².